The lowest BCUT2D eigenvalue weighted by atomic mass is 9.67. The molecule has 3 heterocycles. The lowest BCUT2D eigenvalue weighted by Crippen LogP contribution is -2.59. The van der Waals surface area contributed by atoms with Gasteiger partial charge in [-0.15, -0.1) is 0 Å². The molecule has 3 aliphatic heterocycles. The predicted octanol–water partition coefficient (Wildman–Crippen LogP) is 3.25. The standard InChI is InChI=1S/C34H31N3O8/c1-17-15-33(18(2)14-23(17)39)16-32(3,4)37-28(33)25(29(35)42)34(31(37)44)24(26(40)19-10-12-20(45-5)13-11-19)27(41)30(43)36(34)21-8-6-7-9-22(21)38/h6-15,38,40H,16H2,1-5H3,(H2,35,42)/t33-,34-/m1/s1. The number of fused-ring (bicyclic) bond motifs is 2. The normalized spacial score (nSPS) is 26.6. The Kier molecular flexibility index (Phi) is 6.27. The van der Waals surface area contributed by atoms with Crippen LogP contribution in [0.4, 0.5) is 5.69 Å². The van der Waals surface area contributed by atoms with Crippen molar-refractivity contribution >= 4 is 40.7 Å². The highest BCUT2D eigenvalue weighted by Crippen LogP contribution is 2.64. The van der Waals surface area contributed by atoms with Gasteiger partial charge >= 0.3 is 5.91 Å². The number of hydrogen-bond donors (Lipinski definition) is 3. The minimum atomic E-state index is -2.60. The van der Waals surface area contributed by atoms with Crippen LogP contribution in [0, 0.1) is 5.41 Å². The zero-order valence-corrected chi connectivity index (χ0v) is 25.3. The molecule has 6 rings (SSSR count). The Bertz CT molecular complexity index is 1900. The van der Waals surface area contributed by atoms with Crippen LogP contribution in [0.15, 0.2) is 88.7 Å². The van der Waals surface area contributed by atoms with E-state index in [1.54, 1.807) is 33.8 Å². The second-order valence-corrected chi connectivity index (χ2v) is 12.3. The van der Waals surface area contributed by atoms with Gasteiger partial charge in [0, 0.05) is 16.8 Å². The Morgan fingerprint density at radius 2 is 1.62 bits per heavy atom. The number of hydrogen-bond acceptors (Lipinski definition) is 8. The molecule has 1 aliphatic carbocycles. The van der Waals surface area contributed by atoms with Crippen LogP contribution in [0.1, 0.15) is 39.7 Å². The van der Waals surface area contributed by atoms with Gasteiger partial charge in [-0.1, -0.05) is 23.8 Å². The van der Waals surface area contributed by atoms with E-state index in [0.29, 0.717) is 16.9 Å². The summed E-state index contributed by atoms with van der Waals surface area (Å²) in [6.45, 7) is 6.86. The number of amides is 3. The molecule has 230 valence electrons. The van der Waals surface area contributed by atoms with Gasteiger partial charge in [0.15, 0.2) is 11.3 Å². The number of benzene rings is 2. The van der Waals surface area contributed by atoms with Crippen molar-refractivity contribution in [3.05, 3.63) is 94.2 Å². The van der Waals surface area contributed by atoms with Gasteiger partial charge in [-0.05, 0) is 82.2 Å². The number of ketones is 2. The largest absolute Gasteiger partial charge is 0.507 e. The van der Waals surface area contributed by atoms with Crippen LogP contribution in [-0.2, 0) is 24.0 Å². The average molecular weight is 610 g/mol. The average Bonchev–Trinajstić information content (AvgIpc) is 3.49. The van der Waals surface area contributed by atoms with Crippen molar-refractivity contribution in [3.63, 3.8) is 0 Å². The molecule has 2 spiro atoms. The van der Waals surface area contributed by atoms with Crippen molar-refractivity contribution in [2.75, 3.05) is 12.0 Å². The Labute approximate surface area is 258 Å². The van der Waals surface area contributed by atoms with Crippen molar-refractivity contribution in [2.45, 2.75) is 45.2 Å². The third-order valence-corrected chi connectivity index (χ3v) is 9.27. The first-order chi connectivity index (χ1) is 21.1. The fourth-order valence-corrected chi connectivity index (χ4v) is 7.42. The molecule has 2 fully saturated rings. The van der Waals surface area contributed by atoms with E-state index in [-0.39, 0.29) is 29.2 Å². The van der Waals surface area contributed by atoms with E-state index in [1.165, 1.54) is 66.6 Å². The first kappa shape index (κ1) is 29.6. The summed E-state index contributed by atoms with van der Waals surface area (Å²) in [6.07, 6.45) is 3.38. The molecule has 0 radical (unpaired) electrons. The molecule has 0 bridgehead atoms. The highest BCUT2D eigenvalue weighted by Gasteiger charge is 2.75. The maximum atomic E-state index is 15.2. The molecular formula is C34H31N3O8. The van der Waals surface area contributed by atoms with Gasteiger partial charge in [0.05, 0.1) is 29.4 Å². The lowest BCUT2D eigenvalue weighted by Gasteiger charge is -2.39. The van der Waals surface area contributed by atoms with Crippen LogP contribution in [0.3, 0.4) is 0 Å². The fraction of sp³-hybridized carbons (Fsp3) is 0.265. The second kappa shape index (κ2) is 9.52. The van der Waals surface area contributed by atoms with Gasteiger partial charge < -0.3 is 25.6 Å². The van der Waals surface area contributed by atoms with Gasteiger partial charge in [0.1, 0.15) is 17.3 Å². The van der Waals surface area contributed by atoms with Crippen LogP contribution in [0.5, 0.6) is 11.5 Å². The Morgan fingerprint density at radius 3 is 2.22 bits per heavy atom. The number of allylic oxidation sites excluding steroid dienone is 3. The van der Waals surface area contributed by atoms with Crippen LogP contribution in [0.25, 0.3) is 5.76 Å². The van der Waals surface area contributed by atoms with Crippen molar-refractivity contribution in [3.8, 4) is 11.5 Å². The molecule has 11 heteroatoms. The molecule has 2 atom stereocenters. The fourth-order valence-electron chi connectivity index (χ4n) is 7.42. The predicted molar refractivity (Wildman–Crippen MR) is 163 cm³/mol. The molecular weight excluding hydrogens is 578 g/mol. The van der Waals surface area contributed by atoms with E-state index in [9.17, 15) is 29.4 Å². The van der Waals surface area contributed by atoms with Gasteiger partial charge in [-0.3, -0.25) is 28.9 Å². The van der Waals surface area contributed by atoms with Gasteiger partial charge in [-0.2, -0.15) is 0 Å². The molecule has 4 aliphatic rings. The Morgan fingerprint density at radius 1 is 0.978 bits per heavy atom. The Balaban J connectivity index is 1.81. The molecule has 0 saturated carbocycles. The van der Waals surface area contributed by atoms with Gasteiger partial charge in [0.25, 0.3) is 11.7 Å². The molecule has 2 saturated heterocycles. The summed E-state index contributed by atoms with van der Waals surface area (Å²) in [7, 11) is 1.45. The number of phenols is 1. The molecule has 45 heavy (non-hydrogen) atoms. The lowest BCUT2D eigenvalue weighted by molar-refractivity contribution is -0.135. The summed E-state index contributed by atoms with van der Waals surface area (Å²) >= 11 is 0. The third kappa shape index (κ3) is 3.66. The summed E-state index contributed by atoms with van der Waals surface area (Å²) in [6, 6.07) is 11.5. The SMILES string of the molecule is COc1ccc(C(O)=C2C(=O)C(=O)N(c3ccccc3O)[C@]23C(=O)N2C(=C3C(N)=O)[C@]3(C=C(C)C(=O)C=C3C)CC2(C)C)cc1. The summed E-state index contributed by atoms with van der Waals surface area (Å²) in [4.78, 5) is 72.1. The molecule has 2 aromatic carbocycles. The van der Waals surface area contributed by atoms with Crippen LogP contribution in [-0.4, -0.2) is 62.6 Å². The van der Waals surface area contributed by atoms with E-state index in [2.05, 4.69) is 0 Å². The minimum Gasteiger partial charge on any atom is -0.507 e. The maximum Gasteiger partial charge on any atom is 0.300 e. The summed E-state index contributed by atoms with van der Waals surface area (Å²) in [5, 5.41) is 22.8. The maximum absolute atomic E-state index is 15.2. The number of ether oxygens (including phenoxy) is 1. The number of aromatic hydroxyl groups is 1. The number of para-hydroxylation sites is 2. The van der Waals surface area contributed by atoms with Crippen molar-refractivity contribution < 1.29 is 38.9 Å². The second-order valence-electron chi connectivity index (χ2n) is 12.3. The monoisotopic (exact) mass is 609 g/mol. The number of rotatable bonds is 4. The van der Waals surface area contributed by atoms with Gasteiger partial charge in [-0.25, -0.2) is 0 Å². The molecule has 0 unspecified atom stereocenters. The Hall–Kier alpha value is -5.45. The van der Waals surface area contributed by atoms with E-state index >= 15 is 4.79 Å². The molecule has 4 N–H and O–H groups in total. The number of nitrogens with zero attached hydrogens (tertiary/aromatic N) is 2. The van der Waals surface area contributed by atoms with Crippen molar-refractivity contribution in [1.82, 2.24) is 4.90 Å². The van der Waals surface area contributed by atoms with E-state index in [4.69, 9.17) is 10.5 Å². The number of carbonyl (C=O) groups is 5. The number of phenolic OH excluding ortho intramolecular Hbond substituents is 1. The summed E-state index contributed by atoms with van der Waals surface area (Å²) in [5.41, 5.74) is 1.03. The number of nitrogens with two attached hydrogens (primary N) is 1. The number of carbonyl (C=O) groups excluding carboxylic acids is 5. The topological polar surface area (TPSA) is 168 Å². The van der Waals surface area contributed by atoms with Crippen LogP contribution in [0.2, 0.25) is 0 Å². The highest BCUT2D eigenvalue weighted by atomic mass is 16.5. The van der Waals surface area contributed by atoms with Crippen LogP contribution < -0.4 is 15.4 Å². The quantitative estimate of drug-likeness (QED) is 0.270. The zero-order chi connectivity index (χ0) is 32.8. The first-order valence-electron chi connectivity index (χ1n) is 14.2. The molecule has 2 aromatic rings. The smallest absolute Gasteiger partial charge is 0.300 e. The number of anilines is 1. The van der Waals surface area contributed by atoms with Crippen molar-refractivity contribution in [2.24, 2.45) is 11.1 Å². The summed E-state index contributed by atoms with van der Waals surface area (Å²) in [5.74, 6) is -5.52. The number of Topliss-reactive ketones (excluding diaryl/α,β-unsaturated/α-hetero) is 1. The van der Waals surface area contributed by atoms with Crippen molar-refractivity contribution in [1.29, 1.82) is 0 Å². The third-order valence-electron chi connectivity index (χ3n) is 9.27. The van der Waals surface area contributed by atoms with E-state index in [1.807, 2.05) is 0 Å². The number of primary amides is 1. The van der Waals surface area contributed by atoms with Gasteiger partial charge in [0.2, 0.25) is 5.91 Å². The number of methoxy groups -OCH3 is 1. The minimum absolute atomic E-state index is 0.0585. The number of aliphatic hydroxyl groups excluding tert-OH is 1. The zero-order valence-electron chi connectivity index (χ0n) is 25.3. The molecule has 0 aromatic heterocycles. The summed E-state index contributed by atoms with van der Waals surface area (Å²) < 4.78 is 5.20. The first-order valence-corrected chi connectivity index (χ1v) is 14.2. The van der Waals surface area contributed by atoms with Crippen LogP contribution >= 0.6 is 0 Å². The van der Waals surface area contributed by atoms with E-state index < -0.39 is 62.7 Å². The molecule has 3 amide bonds. The molecule has 11 nitrogen and oxygen atoms in total. The highest BCUT2D eigenvalue weighted by molar-refractivity contribution is 6.56. The van der Waals surface area contributed by atoms with E-state index in [0.717, 1.165) is 4.90 Å². The number of aliphatic hydroxyl groups is 1.